The predicted octanol–water partition coefficient (Wildman–Crippen LogP) is 2.73. The molecular formula is C12H16BrN3. The predicted molar refractivity (Wildman–Crippen MR) is 70.5 cm³/mol. The second-order valence-electron chi connectivity index (χ2n) is 3.45. The minimum absolute atomic E-state index is 0.665. The first-order chi connectivity index (χ1) is 7.79. The van der Waals surface area contributed by atoms with Gasteiger partial charge in [0.05, 0.1) is 11.3 Å². The molecule has 0 fully saturated rings. The molecule has 0 radical (unpaired) electrons. The van der Waals surface area contributed by atoms with Crippen molar-refractivity contribution in [3.8, 4) is 6.07 Å². The smallest absolute Gasteiger partial charge is 0.103 e. The lowest BCUT2D eigenvalue weighted by Gasteiger charge is -2.09. The Morgan fingerprint density at radius 2 is 2.12 bits per heavy atom. The summed E-state index contributed by atoms with van der Waals surface area (Å²) < 4.78 is 0.835. The van der Waals surface area contributed by atoms with Crippen LogP contribution in [0.1, 0.15) is 18.9 Å². The van der Waals surface area contributed by atoms with Crippen molar-refractivity contribution in [2.45, 2.75) is 13.3 Å². The van der Waals surface area contributed by atoms with Crippen LogP contribution in [-0.4, -0.2) is 19.6 Å². The van der Waals surface area contributed by atoms with Crippen LogP contribution in [0, 0.1) is 11.3 Å². The van der Waals surface area contributed by atoms with Crippen molar-refractivity contribution in [1.29, 1.82) is 5.26 Å². The Kier molecular flexibility index (Phi) is 5.91. The molecule has 0 aromatic heterocycles. The Morgan fingerprint density at radius 1 is 1.31 bits per heavy atom. The van der Waals surface area contributed by atoms with Gasteiger partial charge >= 0.3 is 0 Å². The highest BCUT2D eigenvalue weighted by Crippen LogP contribution is 2.23. The molecule has 1 aromatic carbocycles. The third-order valence-electron chi connectivity index (χ3n) is 2.17. The Labute approximate surface area is 105 Å². The zero-order valence-corrected chi connectivity index (χ0v) is 11.0. The van der Waals surface area contributed by atoms with Crippen molar-refractivity contribution in [1.82, 2.24) is 5.32 Å². The quantitative estimate of drug-likeness (QED) is 0.789. The molecule has 1 aromatic rings. The molecule has 86 valence electrons. The number of nitriles is 1. The van der Waals surface area contributed by atoms with Crippen molar-refractivity contribution in [3.63, 3.8) is 0 Å². The van der Waals surface area contributed by atoms with E-state index in [2.05, 4.69) is 39.6 Å². The summed E-state index contributed by atoms with van der Waals surface area (Å²) in [7, 11) is 0. The van der Waals surface area contributed by atoms with Crippen molar-refractivity contribution >= 4 is 21.6 Å². The molecule has 0 bridgehead atoms. The lowest BCUT2D eigenvalue weighted by molar-refractivity contribution is 0.688. The molecule has 0 saturated heterocycles. The number of halogens is 1. The summed E-state index contributed by atoms with van der Waals surface area (Å²) in [6.45, 7) is 4.91. The number of nitrogens with one attached hydrogen (secondary N) is 2. The first-order valence-electron chi connectivity index (χ1n) is 5.42. The van der Waals surface area contributed by atoms with E-state index in [-0.39, 0.29) is 0 Å². The number of nitrogens with zero attached hydrogens (tertiary/aromatic N) is 1. The van der Waals surface area contributed by atoms with E-state index in [0.717, 1.165) is 36.2 Å². The second kappa shape index (κ2) is 7.26. The van der Waals surface area contributed by atoms with Crippen LogP contribution in [0.2, 0.25) is 0 Å². The molecule has 1 rings (SSSR count). The SMILES string of the molecule is CCCNCCNc1cccc(Br)c1C#N. The van der Waals surface area contributed by atoms with Gasteiger partial charge in [0, 0.05) is 17.6 Å². The number of benzene rings is 1. The van der Waals surface area contributed by atoms with Crippen LogP contribution < -0.4 is 10.6 Å². The van der Waals surface area contributed by atoms with Gasteiger partial charge in [0.15, 0.2) is 0 Å². The lowest BCUT2D eigenvalue weighted by Crippen LogP contribution is -2.22. The molecule has 4 heteroatoms. The molecular weight excluding hydrogens is 266 g/mol. The fraction of sp³-hybridized carbons (Fsp3) is 0.417. The Bertz CT molecular complexity index is 371. The van der Waals surface area contributed by atoms with E-state index in [4.69, 9.17) is 5.26 Å². The Hall–Kier alpha value is -1.05. The van der Waals surface area contributed by atoms with Crippen LogP contribution in [0.5, 0.6) is 0 Å². The number of hydrogen-bond donors (Lipinski definition) is 2. The highest BCUT2D eigenvalue weighted by Gasteiger charge is 2.04. The maximum Gasteiger partial charge on any atom is 0.103 e. The second-order valence-corrected chi connectivity index (χ2v) is 4.31. The fourth-order valence-corrected chi connectivity index (χ4v) is 1.83. The van der Waals surface area contributed by atoms with Crippen LogP contribution in [0.25, 0.3) is 0 Å². The van der Waals surface area contributed by atoms with Gasteiger partial charge in [-0.15, -0.1) is 0 Å². The highest BCUT2D eigenvalue weighted by molar-refractivity contribution is 9.10. The number of rotatable bonds is 6. The van der Waals surface area contributed by atoms with E-state index in [1.165, 1.54) is 0 Å². The normalized spacial score (nSPS) is 9.81. The van der Waals surface area contributed by atoms with Crippen molar-refractivity contribution in [2.75, 3.05) is 25.0 Å². The molecule has 0 aliphatic rings. The molecule has 0 heterocycles. The van der Waals surface area contributed by atoms with Crippen LogP contribution in [0.15, 0.2) is 22.7 Å². The van der Waals surface area contributed by atoms with Gasteiger partial charge in [0.1, 0.15) is 6.07 Å². The van der Waals surface area contributed by atoms with E-state index in [1.807, 2.05) is 18.2 Å². The van der Waals surface area contributed by atoms with Crippen LogP contribution >= 0.6 is 15.9 Å². The van der Waals surface area contributed by atoms with E-state index in [0.29, 0.717) is 5.56 Å². The summed E-state index contributed by atoms with van der Waals surface area (Å²) in [5, 5.41) is 15.6. The standard InChI is InChI=1S/C12H16BrN3/c1-2-6-15-7-8-16-12-5-3-4-11(13)10(12)9-14/h3-5,15-16H,2,6-8H2,1H3. The Morgan fingerprint density at radius 3 is 2.81 bits per heavy atom. The zero-order valence-electron chi connectivity index (χ0n) is 9.39. The van der Waals surface area contributed by atoms with Gasteiger partial charge in [-0.25, -0.2) is 0 Å². The fourth-order valence-electron chi connectivity index (χ4n) is 1.37. The summed E-state index contributed by atoms with van der Waals surface area (Å²) in [6, 6.07) is 7.90. The van der Waals surface area contributed by atoms with Crippen molar-refractivity contribution in [3.05, 3.63) is 28.2 Å². The summed E-state index contributed by atoms with van der Waals surface area (Å²) in [5.74, 6) is 0. The van der Waals surface area contributed by atoms with E-state index < -0.39 is 0 Å². The van der Waals surface area contributed by atoms with Crippen molar-refractivity contribution in [2.24, 2.45) is 0 Å². The van der Waals surface area contributed by atoms with Gasteiger partial charge < -0.3 is 10.6 Å². The minimum atomic E-state index is 0.665. The van der Waals surface area contributed by atoms with Crippen LogP contribution in [0.4, 0.5) is 5.69 Å². The molecule has 16 heavy (non-hydrogen) atoms. The highest BCUT2D eigenvalue weighted by atomic mass is 79.9. The molecule has 3 nitrogen and oxygen atoms in total. The monoisotopic (exact) mass is 281 g/mol. The summed E-state index contributed by atoms with van der Waals surface area (Å²) in [5.41, 5.74) is 1.55. The van der Waals surface area contributed by atoms with Gasteiger partial charge in [0.25, 0.3) is 0 Å². The molecule has 0 aliphatic heterocycles. The maximum absolute atomic E-state index is 9.00. The average Bonchev–Trinajstić information content (AvgIpc) is 2.29. The van der Waals surface area contributed by atoms with Crippen LogP contribution in [-0.2, 0) is 0 Å². The first-order valence-corrected chi connectivity index (χ1v) is 6.22. The topological polar surface area (TPSA) is 47.8 Å². The van der Waals surface area contributed by atoms with Gasteiger partial charge in [-0.3, -0.25) is 0 Å². The zero-order chi connectivity index (χ0) is 11.8. The number of hydrogen-bond acceptors (Lipinski definition) is 3. The van der Waals surface area contributed by atoms with Crippen molar-refractivity contribution < 1.29 is 0 Å². The maximum atomic E-state index is 9.00. The molecule has 0 atom stereocenters. The molecule has 0 spiro atoms. The van der Waals surface area contributed by atoms with Gasteiger partial charge in [-0.1, -0.05) is 13.0 Å². The average molecular weight is 282 g/mol. The van der Waals surface area contributed by atoms with Gasteiger partial charge in [0.2, 0.25) is 0 Å². The summed E-state index contributed by atoms with van der Waals surface area (Å²) in [6.07, 6.45) is 1.14. The summed E-state index contributed by atoms with van der Waals surface area (Å²) in [4.78, 5) is 0. The van der Waals surface area contributed by atoms with Gasteiger partial charge in [-0.2, -0.15) is 5.26 Å². The minimum Gasteiger partial charge on any atom is -0.383 e. The lowest BCUT2D eigenvalue weighted by atomic mass is 10.2. The van der Waals surface area contributed by atoms with E-state index in [9.17, 15) is 0 Å². The third-order valence-corrected chi connectivity index (χ3v) is 2.83. The molecule has 2 N–H and O–H groups in total. The molecule has 0 saturated carbocycles. The largest absolute Gasteiger partial charge is 0.383 e. The third kappa shape index (κ3) is 3.84. The van der Waals surface area contributed by atoms with Crippen LogP contribution in [0.3, 0.4) is 0 Å². The van der Waals surface area contributed by atoms with E-state index in [1.54, 1.807) is 0 Å². The number of anilines is 1. The summed E-state index contributed by atoms with van der Waals surface area (Å²) >= 11 is 3.36. The molecule has 0 aliphatic carbocycles. The van der Waals surface area contributed by atoms with E-state index >= 15 is 0 Å². The molecule has 0 unspecified atom stereocenters. The van der Waals surface area contributed by atoms with Gasteiger partial charge in [-0.05, 0) is 41.0 Å². The Balaban J connectivity index is 2.48. The molecule has 0 amide bonds. The first kappa shape index (κ1) is 13.0.